The fourth-order valence-corrected chi connectivity index (χ4v) is 0.887. The van der Waals surface area contributed by atoms with Crippen LogP contribution in [0.3, 0.4) is 0 Å². The normalized spacial score (nSPS) is 10.5. The third-order valence-electron chi connectivity index (χ3n) is 1.58. The van der Waals surface area contributed by atoms with Crippen LogP contribution in [0.4, 0.5) is 0 Å². The van der Waals surface area contributed by atoms with Crippen molar-refractivity contribution in [1.82, 2.24) is 0 Å². The Bertz CT molecular complexity index is 196. The van der Waals surface area contributed by atoms with Crippen molar-refractivity contribution >= 4 is 17.4 Å². The van der Waals surface area contributed by atoms with Crippen LogP contribution in [0.5, 0.6) is 0 Å². The van der Waals surface area contributed by atoms with Gasteiger partial charge in [0.05, 0.1) is 0 Å². The summed E-state index contributed by atoms with van der Waals surface area (Å²) in [5.74, 6) is 0. The first-order chi connectivity index (χ1) is 4.61. The summed E-state index contributed by atoms with van der Waals surface area (Å²) in [5.41, 5.74) is 1.64. The molecule has 0 saturated carbocycles. The van der Waals surface area contributed by atoms with Gasteiger partial charge in [-0.2, -0.15) is 0 Å². The van der Waals surface area contributed by atoms with E-state index in [1.165, 1.54) is 5.56 Å². The summed E-state index contributed by atoms with van der Waals surface area (Å²) < 4.78 is 0. The van der Waals surface area contributed by atoms with Gasteiger partial charge in [-0.3, -0.25) is 0 Å². The Morgan fingerprint density at radius 1 is 1.09 bits per heavy atom. The molecular weight excluding hydrogens is 147 g/mol. The van der Waals surface area contributed by atoms with Gasteiger partial charge in [-0.15, -0.1) is 0 Å². The highest BCUT2D eigenvalue weighted by Crippen LogP contribution is 2.20. The molecular formula is C10H16Al. The van der Waals surface area contributed by atoms with E-state index in [4.69, 9.17) is 0 Å². The summed E-state index contributed by atoms with van der Waals surface area (Å²) in [6.45, 7) is 6.63. The van der Waals surface area contributed by atoms with Crippen LogP contribution in [0.15, 0.2) is 24.3 Å². The molecule has 0 N–H and O–H groups in total. The second kappa shape index (κ2) is 3.95. The van der Waals surface area contributed by atoms with Crippen LogP contribution < -0.4 is 0 Å². The van der Waals surface area contributed by atoms with Crippen LogP contribution in [0.1, 0.15) is 26.3 Å². The molecule has 1 aromatic rings. The molecule has 0 unspecified atom stereocenters. The number of hydrogen-bond acceptors (Lipinski definition) is 0. The molecule has 0 aliphatic rings. The molecule has 1 radical (unpaired) electrons. The minimum Gasteiger partial charge on any atom is -0.0579 e. The molecule has 1 rings (SSSR count). The zero-order chi connectivity index (χ0) is 7.61. The molecule has 1 heteroatoms. The van der Waals surface area contributed by atoms with E-state index in [2.05, 4.69) is 39.0 Å². The fraction of sp³-hybridized carbons (Fsp3) is 0.400. The Labute approximate surface area is 79.8 Å². The molecule has 0 atom stereocenters. The molecule has 0 saturated heterocycles. The van der Waals surface area contributed by atoms with E-state index in [0.29, 0.717) is 0 Å². The van der Waals surface area contributed by atoms with Gasteiger partial charge in [0.25, 0.3) is 0 Å². The first-order valence-corrected chi connectivity index (χ1v) is 3.57. The van der Waals surface area contributed by atoms with Gasteiger partial charge in [0.15, 0.2) is 17.4 Å². The van der Waals surface area contributed by atoms with Crippen LogP contribution in [0.2, 0.25) is 0 Å². The van der Waals surface area contributed by atoms with Gasteiger partial charge in [0.2, 0.25) is 0 Å². The first kappa shape index (κ1) is 10.8. The van der Waals surface area contributed by atoms with Gasteiger partial charge in [-0.1, -0.05) is 45.0 Å². The highest BCUT2D eigenvalue weighted by Gasteiger charge is 2.11. The largest absolute Gasteiger partial charge is 0.187 e. The Kier molecular flexibility index (Phi) is 3.86. The van der Waals surface area contributed by atoms with Gasteiger partial charge in [0.1, 0.15) is 0 Å². The summed E-state index contributed by atoms with van der Waals surface area (Å²) in [4.78, 5) is 0. The minimum absolute atomic E-state index is 0. The third-order valence-corrected chi connectivity index (χ3v) is 1.58. The van der Waals surface area contributed by atoms with Gasteiger partial charge in [-0.25, -0.2) is 0 Å². The van der Waals surface area contributed by atoms with Crippen LogP contribution in [0.25, 0.3) is 0 Å². The first-order valence-electron chi connectivity index (χ1n) is 3.57. The summed E-state index contributed by atoms with van der Waals surface area (Å²) in [7, 11) is 0. The monoisotopic (exact) mass is 163 g/mol. The van der Waals surface area contributed by atoms with Crippen LogP contribution in [0, 0.1) is 6.07 Å². The quantitative estimate of drug-likeness (QED) is 0.510. The van der Waals surface area contributed by atoms with Gasteiger partial charge >= 0.3 is 0 Å². The molecule has 0 aromatic heterocycles. The van der Waals surface area contributed by atoms with E-state index in [1.807, 2.05) is 12.1 Å². The maximum absolute atomic E-state index is 3.00. The number of rotatable bonds is 0. The van der Waals surface area contributed by atoms with E-state index in [-0.39, 0.29) is 22.8 Å². The molecule has 0 nitrogen and oxygen atoms in total. The Morgan fingerprint density at radius 2 is 1.55 bits per heavy atom. The van der Waals surface area contributed by atoms with E-state index in [0.717, 1.165) is 0 Å². The van der Waals surface area contributed by atoms with E-state index < -0.39 is 0 Å². The van der Waals surface area contributed by atoms with Crippen LogP contribution in [-0.2, 0) is 5.41 Å². The summed E-state index contributed by atoms with van der Waals surface area (Å²) in [6.07, 6.45) is 0. The van der Waals surface area contributed by atoms with Gasteiger partial charge in [-0.05, 0) is 17.0 Å². The summed E-state index contributed by atoms with van der Waals surface area (Å²) >= 11 is 0. The maximum atomic E-state index is 3.00. The lowest BCUT2D eigenvalue weighted by Crippen LogP contribution is -2.10. The van der Waals surface area contributed by atoms with Crippen LogP contribution in [-0.4, -0.2) is 17.4 Å². The van der Waals surface area contributed by atoms with Gasteiger partial charge in [0, 0.05) is 0 Å². The lowest BCUT2D eigenvalue weighted by Gasteiger charge is -2.17. The Balaban J connectivity index is 0.000001000. The zero-order valence-corrected chi connectivity index (χ0v) is 6.81. The average Bonchev–Trinajstić information content (AvgIpc) is 1.88. The highest BCUT2D eigenvalue weighted by molar-refractivity contribution is 5.75. The van der Waals surface area contributed by atoms with Crippen molar-refractivity contribution in [3.05, 3.63) is 35.9 Å². The SMILES string of the molecule is CC(C)(C)c1cc[c]cc1.[AlH3]. The predicted octanol–water partition coefficient (Wildman–Crippen LogP) is 1.60. The molecule has 0 aliphatic carbocycles. The fourth-order valence-electron chi connectivity index (χ4n) is 0.887. The second-order valence-corrected chi connectivity index (χ2v) is 3.54. The predicted molar refractivity (Wildman–Crippen MR) is 53.9 cm³/mol. The van der Waals surface area contributed by atoms with Gasteiger partial charge < -0.3 is 0 Å². The van der Waals surface area contributed by atoms with E-state index in [1.54, 1.807) is 0 Å². The third kappa shape index (κ3) is 3.10. The number of hydrogen-bond donors (Lipinski definition) is 0. The topological polar surface area (TPSA) is 0 Å². The van der Waals surface area contributed by atoms with E-state index in [9.17, 15) is 0 Å². The molecule has 0 fully saturated rings. The molecule has 11 heavy (non-hydrogen) atoms. The Hall–Kier alpha value is -0.248. The summed E-state index contributed by atoms with van der Waals surface area (Å²) in [5, 5.41) is 0. The Morgan fingerprint density at radius 3 is 1.82 bits per heavy atom. The highest BCUT2D eigenvalue weighted by atomic mass is 27.0. The van der Waals surface area contributed by atoms with Crippen molar-refractivity contribution in [3.63, 3.8) is 0 Å². The van der Waals surface area contributed by atoms with Crippen LogP contribution >= 0.6 is 0 Å². The van der Waals surface area contributed by atoms with Crippen molar-refractivity contribution in [2.45, 2.75) is 26.2 Å². The van der Waals surface area contributed by atoms with Crippen molar-refractivity contribution in [3.8, 4) is 0 Å². The molecule has 59 valence electrons. The summed E-state index contributed by atoms with van der Waals surface area (Å²) in [6, 6.07) is 11.1. The molecule has 0 heterocycles. The second-order valence-electron chi connectivity index (χ2n) is 3.54. The zero-order valence-electron chi connectivity index (χ0n) is 6.81. The maximum Gasteiger partial charge on any atom is 0.187 e. The standard InChI is InChI=1S/C10H13.Al.3H/c1-10(2,3)9-7-5-4-6-8-9;;;;/h5-8H,1-3H3;;;;. The smallest absolute Gasteiger partial charge is 0.0579 e. The van der Waals surface area contributed by atoms with E-state index >= 15 is 0 Å². The molecule has 0 amide bonds. The molecule has 0 aliphatic heterocycles. The van der Waals surface area contributed by atoms with Crippen molar-refractivity contribution in [2.75, 3.05) is 0 Å². The molecule has 0 spiro atoms. The molecule has 1 aromatic carbocycles. The average molecular weight is 163 g/mol. The van der Waals surface area contributed by atoms with Crippen molar-refractivity contribution < 1.29 is 0 Å². The minimum atomic E-state index is 0. The van der Waals surface area contributed by atoms with Crippen molar-refractivity contribution in [2.24, 2.45) is 0 Å². The van der Waals surface area contributed by atoms with Crippen molar-refractivity contribution in [1.29, 1.82) is 0 Å². The lowest BCUT2D eigenvalue weighted by atomic mass is 9.87. The molecule has 0 bridgehead atoms. The number of benzene rings is 1. The lowest BCUT2D eigenvalue weighted by molar-refractivity contribution is 0.590.